The number of fused-ring (bicyclic) bond motifs is 1. The van der Waals surface area contributed by atoms with Crippen molar-refractivity contribution in [2.45, 2.75) is 19.5 Å². The number of carbonyl (C=O) groups excluding carboxylic acids is 2. The molecule has 2 aromatic heterocycles. The van der Waals surface area contributed by atoms with Gasteiger partial charge in [0.15, 0.2) is 0 Å². The topological polar surface area (TPSA) is 98.6 Å². The molecule has 182 valence electrons. The van der Waals surface area contributed by atoms with Gasteiger partial charge in [-0.1, -0.05) is 23.4 Å². The number of para-hydroxylation sites is 1. The molecule has 10 heteroatoms. The zero-order valence-electron chi connectivity index (χ0n) is 19.6. The summed E-state index contributed by atoms with van der Waals surface area (Å²) in [6, 6.07) is 17.4. The number of hydrogen-bond donors (Lipinski definition) is 1. The van der Waals surface area contributed by atoms with Gasteiger partial charge in [-0.05, 0) is 54.8 Å². The van der Waals surface area contributed by atoms with Crippen molar-refractivity contribution < 1.29 is 19.1 Å². The van der Waals surface area contributed by atoms with Crippen LogP contribution in [0.5, 0.6) is 5.75 Å². The molecule has 2 heterocycles. The summed E-state index contributed by atoms with van der Waals surface area (Å²) in [5.41, 5.74) is 2.01. The van der Waals surface area contributed by atoms with E-state index in [0.717, 1.165) is 10.4 Å². The van der Waals surface area contributed by atoms with Crippen molar-refractivity contribution in [3.8, 4) is 5.75 Å². The van der Waals surface area contributed by atoms with Gasteiger partial charge in [0.2, 0.25) is 11.8 Å². The Balaban J connectivity index is 1.72. The molecular weight excluding hydrogens is 466 g/mol. The second-order valence-electron chi connectivity index (χ2n) is 7.63. The van der Waals surface area contributed by atoms with E-state index < -0.39 is 6.04 Å². The largest absolute Gasteiger partial charge is 0.494 e. The van der Waals surface area contributed by atoms with Gasteiger partial charge in [0.1, 0.15) is 23.9 Å². The second-order valence-corrected chi connectivity index (χ2v) is 8.61. The average molecular weight is 494 g/mol. The van der Waals surface area contributed by atoms with Crippen LogP contribution in [0.3, 0.4) is 0 Å². The van der Waals surface area contributed by atoms with Crippen LogP contribution in [-0.4, -0.2) is 53.7 Å². The predicted octanol–water partition coefficient (Wildman–Crippen LogP) is 3.43. The van der Waals surface area contributed by atoms with Crippen LogP contribution in [0.1, 0.15) is 17.8 Å². The zero-order chi connectivity index (χ0) is 24.6. The van der Waals surface area contributed by atoms with Crippen molar-refractivity contribution in [2.24, 2.45) is 0 Å². The normalized spacial score (nSPS) is 11.8. The molecule has 0 aliphatic rings. The molecule has 35 heavy (non-hydrogen) atoms. The fourth-order valence-corrected chi connectivity index (χ4v) is 4.55. The van der Waals surface area contributed by atoms with Crippen LogP contribution >= 0.6 is 11.3 Å². The minimum atomic E-state index is -0.868. The Hall–Kier alpha value is -3.76. The number of ether oxygens (including phenoxy) is 2. The van der Waals surface area contributed by atoms with Gasteiger partial charge >= 0.3 is 0 Å². The van der Waals surface area contributed by atoms with E-state index in [-0.39, 0.29) is 18.4 Å². The van der Waals surface area contributed by atoms with Crippen LogP contribution in [-0.2, 0) is 20.9 Å². The number of rotatable bonds is 11. The Morgan fingerprint density at radius 1 is 1.11 bits per heavy atom. The summed E-state index contributed by atoms with van der Waals surface area (Å²) < 4.78 is 12.2. The summed E-state index contributed by atoms with van der Waals surface area (Å²) in [7, 11) is 1.57. The Morgan fingerprint density at radius 3 is 2.63 bits per heavy atom. The van der Waals surface area contributed by atoms with E-state index in [2.05, 4.69) is 15.6 Å². The molecule has 0 fully saturated rings. The molecule has 1 N–H and O–H groups in total. The number of carbonyl (C=O) groups is 2. The maximum absolute atomic E-state index is 13.8. The van der Waals surface area contributed by atoms with Gasteiger partial charge in [0.05, 0.1) is 18.7 Å². The highest BCUT2D eigenvalue weighted by molar-refractivity contribution is 7.10. The van der Waals surface area contributed by atoms with Crippen LogP contribution in [0.25, 0.3) is 11.0 Å². The lowest BCUT2D eigenvalue weighted by atomic mass is 10.1. The molecule has 0 radical (unpaired) electrons. The van der Waals surface area contributed by atoms with Crippen molar-refractivity contribution in [3.63, 3.8) is 0 Å². The van der Waals surface area contributed by atoms with Gasteiger partial charge < -0.3 is 14.8 Å². The van der Waals surface area contributed by atoms with Crippen LogP contribution in [0, 0.1) is 0 Å². The monoisotopic (exact) mass is 493 g/mol. The highest BCUT2D eigenvalue weighted by Crippen LogP contribution is 2.32. The van der Waals surface area contributed by atoms with Gasteiger partial charge in [-0.15, -0.1) is 16.4 Å². The van der Waals surface area contributed by atoms with Gasteiger partial charge in [0.25, 0.3) is 0 Å². The first-order valence-electron chi connectivity index (χ1n) is 11.3. The Labute approximate surface area is 207 Å². The number of benzene rings is 2. The first kappa shape index (κ1) is 24.4. The summed E-state index contributed by atoms with van der Waals surface area (Å²) in [6.45, 7) is 3.05. The van der Waals surface area contributed by atoms with Crippen molar-refractivity contribution in [3.05, 3.63) is 70.9 Å². The number of hydrogen-bond acceptors (Lipinski definition) is 7. The Morgan fingerprint density at radius 2 is 1.91 bits per heavy atom. The van der Waals surface area contributed by atoms with E-state index in [4.69, 9.17) is 9.47 Å². The molecule has 0 saturated carbocycles. The van der Waals surface area contributed by atoms with E-state index >= 15 is 0 Å². The second kappa shape index (κ2) is 11.6. The molecule has 2 amide bonds. The zero-order valence-corrected chi connectivity index (χ0v) is 20.4. The number of amides is 2. The predicted molar refractivity (Wildman–Crippen MR) is 135 cm³/mol. The highest BCUT2D eigenvalue weighted by Gasteiger charge is 2.34. The SMILES string of the molecule is CCOc1ccc(N(C(=O)Cn2nnc3ccccc32)[C@@H](C(=O)NCCOC)c2cccs2)cc1. The fourth-order valence-electron chi connectivity index (χ4n) is 3.74. The number of nitrogens with zero attached hydrogens (tertiary/aromatic N) is 4. The molecule has 0 saturated heterocycles. The third kappa shape index (κ3) is 5.67. The van der Waals surface area contributed by atoms with Gasteiger partial charge in [-0.3, -0.25) is 14.5 Å². The average Bonchev–Trinajstić information content (AvgIpc) is 3.54. The molecule has 0 spiro atoms. The van der Waals surface area contributed by atoms with Crippen LogP contribution in [0.2, 0.25) is 0 Å². The molecule has 0 aliphatic heterocycles. The van der Waals surface area contributed by atoms with E-state index in [9.17, 15) is 9.59 Å². The van der Waals surface area contributed by atoms with Gasteiger partial charge in [0, 0.05) is 24.2 Å². The molecule has 0 unspecified atom stereocenters. The number of nitrogens with one attached hydrogen (secondary N) is 1. The summed E-state index contributed by atoms with van der Waals surface area (Å²) in [6.07, 6.45) is 0. The smallest absolute Gasteiger partial charge is 0.249 e. The minimum absolute atomic E-state index is 0.0824. The number of aromatic nitrogens is 3. The summed E-state index contributed by atoms with van der Waals surface area (Å²) in [4.78, 5) is 29.5. The van der Waals surface area contributed by atoms with Crippen LogP contribution in [0.4, 0.5) is 5.69 Å². The van der Waals surface area contributed by atoms with Crippen molar-refractivity contribution in [1.29, 1.82) is 0 Å². The molecule has 0 aliphatic carbocycles. The van der Waals surface area contributed by atoms with Crippen molar-refractivity contribution >= 4 is 39.9 Å². The highest BCUT2D eigenvalue weighted by atomic mass is 32.1. The molecule has 9 nitrogen and oxygen atoms in total. The first-order valence-corrected chi connectivity index (χ1v) is 12.1. The third-order valence-electron chi connectivity index (χ3n) is 5.32. The van der Waals surface area contributed by atoms with E-state index in [1.54, 1.807) is 36.1 Å². The first-order chi connectivity index (χ1) is 17.1. The lowest BCUT2D eigenvalue weighted by Gasteiger charge is -2.30. The molecule has 4 rings (SSSR count). The molecule has 1 atom stereocenters. The summed E-state index contributed by atoms with van der Waals surface area (Å²) in [5.74, 6) is 0.0865. The maximum atomic E-state index is 13.8. The lowest BCUT2D eigenvalue weighted by Crippen LogP contribution is -2.45. The third-order valence-corrected chi connectivity index (χ3v) is 6.25. The molecular formula is C25H27N5O4S. The lowest BCUT2D eigenvalue weighted by molar-refractivity contribution is -0.127. The fraction of sp³-hybridized carbons (Fsp3) is 0.280. The van der Waals surface area contributed by atoms with E-state index in [0.29, 0.717) is 36.7 Å². The van der Waals surface area contributed by atoms with Crippen molar-refractivity contribution in [1.82, 2.24) is 20.3 Å². The standard InChI is InChI=1S/C25H27N5O4S/c1-3-34-19-12-10-18(11-13-19)30(23(31)17-29-21-8-5-4-7-20(21)27-28-29)24(22-9-6-16-35-22)25(32)26-14-15-33-2/h4-13,16,24H,3,14-15,17H2,1-2H3,(H,26,32)/t24-/m1/s1. The molecule has 4 aromatic rings. The molecule has 0 bridgehead atoms. The number of thiophene rings is 1. The minimum Gasteiger partial charge on any atom is -0.494 e. The van der Waals surface area contributed by atoms with Crippen molar-refractivity contribution in [2.75, 3.05) is 31.8 Å². The molecule has 2 aromatic carbocycles. The van der Waals surface area contributed by atoms with Gasteiger partial charge in [-0.25, -0.2) is 4.68 Å². The summed E-state index contributed by atoms with van der Waals surface area (Å²) in [5, 5.41) is 13.1. The Bertz CT molecular complexity index is 1260. The van der Waals surface area contributed by atoms with E-state index in [1.807, 2.05) is 48.7 Å². The van der Waals surface area contributed by atoms with Crippen LogP contribution < -0.4 is 15.0 Å². The quantitative estimate of drug-likeness (QED) is 0.322. The number of methoxy groups -OCH3 is 1. The number of anilines is 1. The Kier molecular flexibility index (Phi) is 8.07. The summed E-state index contributed by atoms with van der Waals surface area (Å²) >= 11 is 1.42. The van der Waals surface area contributed by atoms with Gasteiger partial charge in [-0.2, -0.15) is 0 Å². The maximum Gasteiger partial charge on any atom is 0.249 e. The van der Waals surface area contributed by atoms with E-state index in [1.165, 1.54) is 16.2 Å². The van der Waals surface area contributed by atoms with Crippen LogP contribution in [0.15, 0.2) is 66.0 Å².